The molecule has 1 aliphatic rings. The second-order valence-corrected chi connectivity index (χ2v) is 11.2. The summed E-state index contributed by atoms with van der Waals surface area (Å²) in [6.07, 6.45) is 7.98. The summed E-state index contributed by atoms with van der Waals surface area (Å²) in [5, 5.41) is 0. The van der Waals surface area contributed by atoms with Crippen LogP contribution in [0.1, 0.15) is 38.5 Å². The van der Waals surface area contributed by atoms with Gasteiger partial charge in [-0.25, -0.2) is 29.1 Å². The Bertz CT molecular complexity index is 568. The molecule has 0 saturated carbocycles. The van der Waals surface area contributed by atoms with Crippen molar-refractivity contribution in [2.45, 2.75) is 38.5 Å². The van der Waals surface area contributed by atoms with Gasteiger partial charge >= 0.3 is 31.3 Å². The van der Waals surface area contributed by atoms with Crippen molar-refractivity contribution in [2.75, 3.05) is 13.1 Å². The van der Waals surface area contributed by atoms with Crippen LogP contribution in [0, 0.1) is 0 Å². The van der Waals surface area contributed by atoms with Crippen molar-refractivity contribution in [3.8, 4) is 0 Å². The van der Waals surface area contributed by atoms with Gasteiger partial charge in [-0.1, -0.05) is 25.7 Å². The summed E-state index contributed by atoms with van der Waals surface area (Å²) in [5.74, 6) is 0. The molecule has 1 heterocycles. The molecule has 1 saturated heterocycles. The van der Waals surface area contributed by atoms with E-state index in [0.29, 0.717) is 0 Å². The Morgan fingerprint density at radius 3 is 1.14 bits per heavy atom. The average Bonchev–Trinajstić information content (AvgIpc) is 2.41. The van der Waals surface area contributed by atoms with Crippen molar-refractivity contribution < 1.29 is 60.6 Å². The molecule has 17 nitrogen and oxygen atoms in total. The lowest BCUT2D eigenvalue weighted by Crippen LogP contribution is -2.51. The highest BCUT2D eigenvalue weighted by Gasteiger charge is 2.43. The van der Waals surface area contributed by atoms with Crippen LogP contribution in [0.5, 0.6) is 0 Å². The van der Waals surface area contributed by atoms with E-state index in [1.54, 1.807) is 0 Å². The fraction of sp³-hybridized carbons (Fsp3) is 1.00. The van der Waals surface area contributed by atoms with Crippen molar-refractivity contribution in [1.82, 2.24) is 21.9 Å². The maximum Gasteiger partial charge on any atom is 0.490 e. The van der Waals surface area contributed by atoms with Crippen molar-refractivity contribution >= 4 is 31.3 Å². The number of rotatable bonds is 6. The highest BCUT2D eigenvalue weighted by molar-refractivity contribution is 7.69. The van der Waals surface area contributed by atoms with Crippen LogP contribution in [0.3, 0.4) is 0 Å². The van der Waals surface area contributed by atoms with Crippen LogP contribution in [-0.4, -0.2) is 42.4 Å². The Morgan fingerprint density at radius 2 is 0.828 bits per heavy atom. The Balaban J connectivity index is 0.000000571. The fourth-order valence-corrected chi connectivity index (χ4v) is 5.75. The zero-order chi connectivity index (χ0) is 22.6. The van der Waals surface area contributed by atoms with Crippen molar-refractivity contribution in [1.29, 1.82) is 0 Å². The lowest BCUT2D eigenvalue weighted by Gasteiger charge is -2.15. The van der Waals surface area contributed by atoms with E-state index in [2.05, 4.69) is 34.9 Å². The van der Waals surface area contributed by atoms with E-state index < -0.39 is 31.3 Å². The van der Waals surface area contributed by atoms with Gasteiger partial charge in [-0.15, -0.1) is 0 Å². The Kier molecular flexibility index (Phi) is 13.9. The fourth-order valence-electron chi connectivity index (χ4n) is 1.78. The first-order valence-electron chi connectivity index (χ1n) is 7.98. The average molecular weight is 510 g/mol. The number of nitrogens with one attached hydrogen (secondary N) is 4. The van der Waals surface area contributed by atoms with E-state index in [4.69, 9.17) is 29.4 Å². The SMILES string of the molecule is C1CCCCNNNNCCC1.O=P(O)(O)OP(=O)(O)OP(=O)(O)OP(=O)(O)O. The quantitative estimate of drug-likeness (QED) is 0.208. The summed E-state index contributed by atoms with van der Waals surface area (Å²) in [4.78, 5) is 49.4. The molecule has 1 rings (SSSR count). The van der Waals surface area contributed by atoms with Crippen molar-refractivity contribution in [3.63, 3.8) is 0 Å². The minimum Gasteiger partial charge on any atom is -0.302 e. The number of hydrazine groups is 3. The third kappa shape index (κ3) is 21.4. The maximum absolute atomic E-state index is 10.7. The van der Waals surface area contributed by atoms with Gasteiger partial charge in [0.2, 0.25) is 0 Å². The molecule has 21 heteroatoms. The lowest BCUT2D eigenvalue weighted by molar-refractivity contribution is 0.194. The predicted molar refractivity (Wildman–Crippen MR) is 97.0 cm³/mol. The van der Waals surface area contributed by atoms with E-state index >= 15 is 0 Å². The molecule has 29 heavy (non-hydrogen) atoms. The van der Waals surface area contributed by atoms with Gasteiger partial charge in [0.15, 0.2) is 0 Å². The summed E-state index contributed by atoms with van der Waals surface area (Å²) in [5.41, 5.74) is 11.9. The molecular formula is C8H26N4O13P4. The zero-order valence-corrected chi connectivity index (χ0v) is 18.6. The Labute approximate surface area is 166 Å². The second-order valence-electron chi connectivity index (χ2n) is 5.39. The number of hydrogen-bond donors (Lipinski definition) is 10. The highest BCUT2D eigenvalue weighted by Crippen LogP contribution is 2.69. The Hall–Kier alpha value is 0.400. The molecular weight excluding hydrogens is 484 g/mol. The van der Waals surface area contributed by atoms with E-state index in [-0.39, 0.29) is 0 Å². The topological polar surface area (TPSA) is 265 Å². The molecule has 2 atom stereocenters. The third-order valence-corrected chi connectivity index (χ3v) is 7.72. The molecule has 10 N–H and O–H groups in total. The Morgan fingerprint density at radius 1 is 0.517 bits per heavy atom. The zero-order valence-electron chi connectivity index (χ0n) is 15.0. The first kappa shape index (κ1) is 29.4. The summed E-state index contributed by atoms with van der Waals surface area (Å²) < 4.78 is 50.9. The van der Waals surface area contributed by atoms with Crippen LogP contribution in [0.2, 0.25) is 0 Å². The minimum absolute atomic E-state index is 1.04. The molecule has 0 amide bonds. The predicted octanol–water partition coefficient (Wildman–Crippen LogP) is -0.134. The van der Waals surface area contributed by atoms with Crippen molar-refractivity contribution in [3.05, 3.63) is 0 Å². The van der Waals surface area contributed by atoms with Gasteiger partial charge in [0.05, 0.1) is 0 Å². The van der Waals surface area contributed by atoms with Crippen molar-refractivity contribution in [2.24, 2.45) is 0 Å². The summed E-state index contributed by atoms with van der Waals surface area (Å²) >= 11 is 0. The molecule has 0 aromatic rings. The molecule has 1 aliphatic heterocycles. The number of hydrogen-bond acceptors (Lipinski definition) is 11. The molecule has 2 unspecified atom stereocenters. The lowest BCUT2D eigenvalue weighted by atomic mass is 10.1. The smallest absolute Gasteiger partial charge is 0.302 e. The monoisotopic (exact) mass is 510 g/mol. The van der Waals surface area contributed by atoms with Crippen LogP contribution in [-0.2, 0) is 31.2 Å². The van der Waals surface area contributed by atoms with Gasteiger partial charge in [0.25, 0.3) is 0 Å². The molecule has 0 aromatic carbocycles. The molecule has 0 bridgehead atoms. The van der Waals surface area contributed by atoms with E-state index in [1.807, 2.05) is 0 Å². The third-order valence-electron chi connectivity index (χ3n) is 2.72. The standard InChI is InChI=1S/C8H20N4.H6O13P4/c1-2-4-6-8-10-12-11-9-7-5-3-1;1-14(2,3)11-16(7,8)13-17(9,10)12-15(4,5)6/h9-12H,1-8H2;(H,7,8)(H,9,10)(H2,1,2,3)(H2,4,5,6). The van der Waals surface area contributed by atoms with Crippen LogP contribution in [0.25, 0.3) is 0 Å². The largest absolute Gasteiger partial charge is 0.490 e. The molecule has 0 aliphatic carbocycles. The van der Waals surface area contributed by atoms with Crippen LogP contribution in [0.4, 0.5) is 0 Å². The summed E-state index contributed by atoms with van der Waals surface area (Å²) in [6, 6.07) is 0. The number of phosphoric acid groups is 4. The first-order valence-corrected chi connectivity index (χ1v) is 14.0. The molecule has 176 valence electrons. The van der Waals surface area contributed by atoms with E-state index in [9.17, 15) is 18.3 Å². The molecule has 0 radical (unpaired) electrons. The second kappa shape index (κ2) is 13.7. The molecule has 0 spiro atoms. The first-order chi connectivity index (χ1) is 13.1. The van der Waals surface area contributed by atoms with Crippen LogP contribution in [0.15, 0.2) is 0 Å². The van der Waals surface area contributed by atoms with E-state index in [0.717, 1.165) is 13.1 Å². The molecule has 1 fully saturated rings. The van der Waals surface area contributed by atoms with Gasteiger partial charge in [0, 0.05) is 13.1 Å². The highest BCUT2D eigenvalue weighted by atomic mass is 31.3. The van der Waals surface area contributed by atoms with Crippen LogP contribution < -0.4 is 21.9 Å². The minimum atomic E-state index is -5.77. The summed E-state index contributed by atoms with van der Waals surface area (Å²) in [6.45, 7) is 2.07. The molecule has 0 aromatic heterocycles. The summed E-state index contributed by atoms with van der Waals surface area (Å²) in [7, 11) is -22.6. The van der Waals surface area contributed by atoms with E-state index in [1.165, 1.54) is 38.5 Å². The van der Waals surface area contributed by atoms with Gasteiger partial charge in [-0.3, -0.25) is 0 Å². The van der Waals surface area contributed by atoms with Gasteiger partial charge in [-0.2, -0.15) is 24.0 Å². The van der Waals surface area contributed by atoms with Crippen LogP contribution >= 0.6 is 31.3 Å². The van der Waals surface area contributed by atoms with Gasteiger partial charge in [0.1, 0.15) is 0 Å². The normalized spacial score (nSPS) is 22.0. The van der Waals surface area contributed by atoms with Gasteiger partial charge in [-0.05, 0) is 12.8 Å². The van der Waals surface area contributed by atoms with Gasteiger partial charge < -0.3 is 29.4 Å². The maximum atomic E-state index is 10.7.